The Balaban J connectivity index is 1.94. The lowest BCUT2D eigenvalue weighted by atomic mass is 9.93. The molecule has 1 aliphatic heterocycles. The van der Waals surface area contributed by atoms with Crippen molar-refractivity contribution in [2.75, 3.05) is 20.2 Å². The molecule has 3 heteroatoms. The Kier molecular flexibility index (Phi) is 3.21. The van der Waals surface area contributed by atoms with Gasteiger partial charge in [-0.15, -0.1) is 0 Å². The number of hydrogen-bond acceptors (Lipinski definition) is 2. The second kappa shape index (κ2) is 4.62. The Morgan fingerprint density at radius 1 is 1.40 bits per heavy atom. The second-order valence-electron chi connectivity index (χ2n) is 4.00. The van der Waals surface area contributed by atoms with E-state index in [1.165, 1.54) is 0 Å². The smallest absolute Gasteiger partial charge is 0.125 e. The van der Waals surface area contributed by atoms with Gasteiger partial charge in [0.1, 0.15) is 11.9 Å². The maximum atomic E-state index is 13.8. The quantitative estimate of drug-likeness (QED) is 0.821. The van der Waals surface area contributed by atoms with E-state index < -0.39 is 6.17 Å². The zero-order valence-corrected chi connectivity index (χ0v) is 8.87. The third-order valence-electron chi connectivity index (χ3n) is 2.88. The van der Waals surface area contributed by atoms with Gasteiger partial charge in [0, 0.05) is 0 Å². The minimum atomic E-state index is -0.844. The summed E-state index contributed by atoms with van der Waals surface area (Å²) in [6, 6.07) is 7.22. The number of alkyl halides is 1. The summed E-state index contributed by atoms with van der Waals surface area (Å²) in [5.74, 6) is 1.28. The lowest BCUT2D eigenvalue weighted by Crippen LogP contribution is -2.42. The highest BCUT2D eigenvalue weighted by molar-refractivity contribution is 5.28. The predicted molar refractivity (Wildman–Crippen MR) is 57.8 cm³/mol. The molecule has 15 heavy (non-hydrogen) atoms. The molecule has 0 radical (unpaired) electrons. The van der Waals surface area contributed by atoms with E-state index in [-0.39, 0.29) is 0 Å². The van der Waals surface area contributed by atoms with Crippen LogP contribution in [0, 0.1) is 5.92 Å². The number of ether oxygens (including phenoxy) is 1. The largest absolute Gasteiger partial charge is 0.497 e. The van der Waals surface area contributed by atoms with Gasteiger partial charge in [0.05, 0.1) is 7.11 Å². The van der Waals surface area contributed by atoms with Gasteiger partial charge in [-0.25, -0.2) is 4.39 Å². The fourth-order valence-corrected chi connectivity index (χ4v) is 1.76. The number of benzene rings is 1. The van der Waals surface area contributed by atoms with Gasteiger partial charge in [0.15, 0.2) is 0 Å². The standard InChI is InChI=1S/C12H16FNO/c1-15-11-4-2-10(3-5-11)12(13)6-9-7-14-8-9/h2-5,9,12,14H,6-8H2,1H3. The summed E-state index contributed by atoms with van der Waals surface area (Å²) in [7, 11) is 1.61. The lowest BCUT2D eigenvalue weighted by molar-refractivity contribution is 0.224. The summed E-state index contributed by atoms with van der Waals surface area (Å²) in [6.07, 6.45) is -0.220. The summed E-state index contributed by atoms with van der Waals surface area (Å²) < 4.78 is 18.8. The SMILES string of the molecule is COc1ccc(C(F)CC2CNC2)cc1. The topological polar surface area (TPSA) is 21.3 Å². The first-order valence-corrected chi connectivity index (χ1v) is 5.28. The van der Waals surface area contributed by atoms with Crippen molar-refractivity contribution in [2.45, 2.75) is 12.6 Å². The molecule has 82 valence electrons. The molecule has 0 spiro atoms. The maximum Gasteiger partial charge on any atom is 0.125 e. The van der Waals surface area contributed by atoms with Crippen LogP contribution in [-0.2, 0) is 0 Å². The molecule has 0 aliphatic carbocycles. The monoisotopic (exact) mass is 209 g/mol. The minimum absolute atomic E-state index is 0.502. The number of methoxy groups -OCH3 is 1. The van der Waals surface area contributed by atoms with Crippen LogP contribution in [0.25, 0.3) is 0 Å². The molecular weight excluding hydrogens is 193 g/mol. The van der Waals surface area contributed by atoms with Crippen LogP contribution in [0.3, 0.4) is 0 Å². The summed E-state index contributed by atoms with van der Waals surface area (Å²) in [5, 5.41) is 3.15. The molecule has 0 saturated carbocycles. The van der Waals surface area contributed by atoms with Gasteiger partial charge in [0.2, 0.25) is 0 Å². The zero-order valence-electron chi connectivity index (χ0n) is 8.87. The summed E-state index contributed by atoms with van der Waals surface area (Å²) in [5.41, 5.74) is 0.753. The van der Waals surface area contributed by atoms with Crippen LogP contribution in [0.4, 0.5) is 4.39 Å². The second-order valence-corrected chi connectivity index (χ2v) is 4.00. The molecule has 1 saturated heterocycles. The van der Waals surface area contributed by atoms with Gasteiger partial charge in [-0.05, 0) is 43.1 Å². The first-order valence-electron chi connectivity index (χ1n) is 5.28. The van der Waals surface area contributed by atoms with Crippen molar-refractivity contribution in [2.24, 2.45) is 5.92 Å². The molecule has 1 aliphatic rings. The summed E-state index contributed by atoms with van der Waals surface area (Å²) >= 11 is 0. The molecule has 1 N–H and O–H groups in total. The van der Waals surface area contributed by atoms with E-state index in [0.29, 0.717) is 12.3 Å². The zero-order chi connectivity index (χ0) is 10.7. The molecular formula is C12H16FNO. The molecule has 2 rings (SSSR count). The highest BCUT2D eigenvalue weighted by Crippen LogP contribution is 2.28. The van der Waals surface area contributed by atoms with Crippen LogP contribution in [0.1, 0.15) is 18.2 Å². The number of nitrogens with one attached hydrogen (secondary N) is 1. The highest BCUT2D eigenvalue weighted by atomic mass is 19.1. The number of halogens is 1. The van der Waals surface area contributed by atoms with Crippen molar-refractivity contribution < 1.29 is 9.13 Å². The fourth-order valence-electron chi connectivity index (χ4n) is 1.76. The number of hydrogen-bond donors (Lipinski definition) is 1. The molecule has 0 aromatic heterocycles. The van der Waals surface area contributed by atoms with Gasteiger partial charge < -0.3 is 10.1 Å². The normalized spacial score (nSPS) is 18.3. The van der Waals surface area contributed by atoms with Crippen LogP contribution in [0.2, 0.25) is 0 Å². The van der Waals surface area contributed by atoms with Crippen molar-refractivity contribution >= 4 is 0 Å². The van der Waals surface area contributed by atoms with E-state index in [4.69, 9.17) is 4.74 Å². The van der Waals surface area contributed by atoms with Crippen LogP contribution in [0.5, 0.6) is 5.75 Å². The lowest BCUT2D eigenvalue weighted by Gasteiger charge is -2.28. The van der Waals surface area contributed by atoms with Crippen molar-refractivity contribution in [3.63, 3.8) is 0 Å². The Hall–Kier alpha value is -1.09. The van der Waals surface area contributed by atoms with Crippen molar-refractivity contribution in [1.29, 1.82) is 0 Å². The van der Waals surface area contributed by atoms with E-state index in [9.17, 15) is 4.39 Å². The first kappa shape index (κ1) is 10.4. The van der Waals surface area contributed by atoms with Gasteiger partial charge in [-0.1, -0.05) is 12.1 Å². The van der Waals surface area contributed by atoms with Crippen molar-refractivity contribution in [1.82, 2.24) is 5.32 Å². The van der Waals surface area contributed by atoms with Gasteiger partial charge in [-0.2, -0.15) is 0 Å². The molecule has 2 nitrogen and oxygen atoms in total. The first-order chi connectivity index (χ1) is 7.29. The summed E-state index contributed by atoms with van der Waals surface area (Å²) in [4.78, 5) is 0. The summed E-state index contributed by atoms with van der Waals surface area (Å²) in [6.45, 7) is 1.91. The molecule has 1 aromatic carbocycles. The van der Waals surface area contributed by atoms with Gasteiger partial charge >= 0.3 is 0 Å². The molecule has 0 amide bonds. The third kappa shape index (κ3) is 2.48. The van der Waals surface area contributed by atoms with Crippen molar-refractivity contribution in [3.8, 4) is 5.75 Å². The average Bonchev–Trinajstić information content (AvgIpc) is 2.23. The average molecular weight is 209 g/mol. The van der Waals surface area contributed by atoms with Gasteiger partial charge in [0.25, 0.3) is 0 Å². The Morgan fingerprint density at radius 3 is 2.53 bits per heavy atom. The fraction of sp³-hybridized carbons (Fsp3) is 0.500. The van der Waals surface area contributed by atoms with E-state index >= 15 is 0 Å². The Morgan fingerprint density at radius 2 is 2.07 bits per heavy atom. The van der Waals surface area contributed by atoms with Crippen LogP contribution < -0.4 is 10.1 Å². The minimum Gasteiger partial charge on any atom is -0.497 e. The maximum absolute atomic E-state index is 13.8. The molecule has 1 fully saturated rings. The van der Waals surface area contributed by atoms with Crippen LogP contribution in [-0.4, -0.2) is 20.2 Å². The molecule has 1 atom stereocenters. The molecule has 1 aromatic rings. The highest BCUT2D eigenvalue weighted by Gasteiger charge is 2.22. The Labute approximate surface area is 89.4 Å². The number of rotatable bonds is 4. The Bertz CT molecular complexity index is 308. The third-order valence-corrected chi connectivity index (χ3v) is 2.88. The molecule has 1 unspecified atom stereocenters. The van der Waals surface area contributed by atoms with Crippen LogP contribution >= 0.6 is 0 Å². The van der Waals surface area contributed by atoms with Crippen molar-refractivity contribution in [3.05, 3.63) is 29.8 Å². The van der Waals surface area contributed by atoms with Gasteiger partial charge in [-0.3, -0.25) is 0 Å². The van der Waals surface area contributed by atoms with E-state index in [1.807, 2.05) is 0 Å². The van der Waals surface area contributed by atoms with Crippen LogP contribution in [0.15, 0.2) is 24.3 Å². The van der Waals surface area contributed by atoms with E-state index in [0.717, 1.165) is 24.4 Å². The molecule has 0 bridgehead atoms. The van der Waals surface area contributed by atoms with E-state index in [1.54, 1.807) is 31.4 Å². The van der Waals surface area contributed by atoms with E-state index in [2.05, 4.69) is 5.32 Å². The molecule has 1 heterocycles. The predicted octanol–water partition coefficient (Wildman–Crippen LogP) is 2.32.